The fraction of sp³-hybridized carbons (Fsp3) is 0.556. The molecule has 3 amide bonds. The van der Waals surface area contributed by atoms with Crippen LogP contribution in [0.25, 0.3) is 10.9 Å². The van der Waals surface area contributed by atoms with E-state index < -0.39 is 54.0 Å². The summed E-state index contributed by atoms with van der Waals surface area (Å²) in [7, 11) is 0. The number of rotatable bonds is 16. The van der Waals surface area contributed by atoms with E-state index in [1.807, 2.05) is 38.1 Å². The second kappa shape index (κ2) is 15.2. The number of hydrogen-bond donors (Lipinski definition) is 8. The number of carbonyl (C=O) groups is 4. The number of benzene rings is 1. The number of aromatic nitrogens is 1. The molecule has 0 spiro atoms. The summed E-state index contributed by atoms with van der Waals surface area (Å²) in [6.07, 6.45) is 2.38. The number of aromatic amines is 1. The third-order valence-corrected chi connectivity index (χ3v) is 6.42. The maximum absolute atomic E-state index is 13.4. The van der Waals surface area contributed by atoms with Crippen LogP contribution < -0.4 is 27.4 Å². The van der Waals surface area contributed by atoms with Gasteiger partial charge in [0.15, 0.2) is 0 Å². The van der Waals surface area contributed by atoms with Crippen LogP contribution >= 0.6 is 0 Å². The van der Waals surface area contributed by atoms with Gasteiger partial charge in [-0.1, -0.05) is 38.5 Å². The molecule has 1 aromatic heterocycles. The van der Waals surface area contributed by atoms with Crippen molar-refractivity contribution in [3.8, 4) is 0 Å². The largest absolute Gasteiger partial charge is 0.480 e. The Hall–Kier alpha value is -3.48. The monoisotopic (exact) mass is 546 g/mol. The van der Waals surface area contributed by atoms with Gasteiger partial charge in [0.25, 0.3) is 0 Å². The zero-order valence-electron chi connectivity index (χ0n) is 22.8. The summed E-state index contributed by atoms with van der Waals surface area (Å²) in [5.41, 5.74) is 13.2. The minimum atomic E-state index is -1.45. The predicted molar refractivity (Wildman–Crippen MR) is 147 cm³/mol. The maximum atomic E-state index is 13.4. The van der Waals surface area contributed by atoms with Crippen LogP contribution in [0.4, 0.5) is 0 Å². The Morgan fingerprint density at radius 1 is 0.949 bits per heavy atom. The van der Waals surface area contributed by atoms with Crippen molar-refractivity contribution in [1.29, 1.82) is 0 Å². The topological polar surface area (TPSA) is 213 Å². The van der Waals surface area contributed by atoms with E-state index in [-0.39, 0.29) is 18.8 Å². The molecule has 0 bridgehead atoms. The van der Waals surface area contributed by atoms with Gasteiger partial charge in [-0.25, -0.2) is 4.79 Å². The number of carboxylic acids is 1. The second-order valence-corrected chi connectivity index (χ2v) is 10.3. The number of carbonyl (C=O) groups excluding carboxylic acids is 3. The smallest absolute Gasteiger partial charge is 0.326 e. The van der Waals surface area contributed by atoms with Crippen LogP contribution in [0.15, 0.2) is 30.5 Å². The Balaban J connectivity index is 2.25. The van der Waals surface area contributed by atoms with E-state index >= 15 is 0 Å². The summed E-state index contributed by atoms with van der Waals surface area (Å²) >= 11 is 0. The summed E-state index contributed by atoms with van der Waals surface area (Å²) in [6.45, 7) is 5.41. The molecule has 1 heterocycles. The highest BCUT2D eigenvalue weighted by Crippen LogP contribution is 2.19. The lowest BCUT2D eigenvalue weighted by atomic mass is 10.0. The standard InChI is InChI=1S/C27H42N6O6/c1-15(2)12-22(27(38)39)32-26(37)23(16(3)34)33-25(36)21(31-24(35)19(29)9-6-7-11-28)13-17-14-30-20-10-5-4-8-18(17)20/h4-5,8,10,14-16,19,21-23,30,34H,6-7,9,11-13,28-29H2,1-3H3,(H,31,35)(H,32,37)(H,33,36)(H,38,39). The summed E-state index contributed by atoms with van der Waals surface area (Å²) in [4.78, 5) is 54.0. The highest BCUT2D eigenvalue weighted by molar-refractivity contribution is 5.95. The van der Waals surface area contributed by atoms with Crippen LogP contribution in [-0.4, -0.2) is 75.7 Å². The van der Waals surface area contributed by atoms with E-state index in [1.165, 1.54) is 6.92 Å². The van der Waals surface area contributed by atoms with E-state index in [1.54, 1.807) is 6.20 Å². The van der Waals surface area contributed by atoms with E-state index in [9.17, 15) is 29.4 Å². The lowest BCUT2D eigenvalue weighted by Crippen LogP contribution is -2.60. The van der Waals surface area contributed by atoms with Gasteiger partial charge in [0.1, 0.15) is 18.1 Å². The van der Waals surface area contributed by atoms with Crippen LogP contribution in [-0.2, 0) is 25.6 Å². The molecule has 0 radical (unpaired) electrons. The average molecular weight is 547 g/mol. The summed E-state index contributed by atoms with van der Waals surface area (Å²) < 4.78 is 0. The Morgan fingerprint density at radius 2 is 1.62 bits per heavy atom. The lowest BCUT2D eigenvalue weighted by molar-refractivity contribution is -0.143. The number of hydrogen-bond acceptors (Lipinski definition) is 7. The Labute approximate surface area is 228 Å². The first-order chi connectivity index (χ1) is 18.4. The van der Waals surface area contributed by atoms with Crippen molar-refractivity contribution in [3.63, 3.8) is 0 Å². The number of H-pyrrole nitrogens is 1. The van der Waals surface area contributed by atoms with Crippen molar-refractivity contribution in [2.24, 2.45) is 17.4 Å². The first kappa shape index (κ1) is 31.7. The number of aliphatic hydroxyl groups excluding tert-OH is 1. The van der Waals surface area contributed by atoms with Crippen molar-refractivity contribution in [3.05, 3.63) is 36.0 Å². The molecule has 12 nitrogen and oxygen atoms in total. The molecule has 0 fully saturated rings. The lowest BCUT2D eigenvalue weighted by Gasteiger charge is -2.27. The molecule has 1 aromatic carbocycles. The number of para-hydroxylation sites is 1. The first-order valence-corrected chi connectivity index (χ1v) is 13.3. The summed E-state index contributed by atoms with van der Waals surface area (Å²) in [6, 6.07) is 2.84. The number of fused-ring (bicyclic) bond motifs is 1. The minimum Gasteiger partial charge on any atom is -0.480 e. The van der Waals surface area contributed by atoms with Crippen molar-refractivity contribution in [2.75, 3.05) is 6.54 Å². The van der Waals surface area contributed by atoms with Gasteiger partial charge in [-0.05, 0) is 50.3 Å². The number of nitrogens with two attached hydrogens (primary N) is 2. The number of aliphatic carboxylic acids is 1. The average Bonchev–Trinajstić information content (AvgIpc) is 3.28. The molecule has 5 unspecified atom stereocenters. The number of carboxylic acid groups (broad SMARTS) is 1. The van der Waals surface area contributed by atoms with E-state index in [4.69, 9.17) is 11.5 Å². The van der Waals surface area contributed by atoms with Gasteiger partial charge < -0.3 is 42.6 Å². The molecular weight excluding hydrogens is 504 g/mol. The molecule has 5 atom stereocenters. The Kier molecular flexibility index (Phi) is 12.4. The fourth-order valence-corrected chi connectivity index (χ4v) is 4.26. The predicted octanol–water partition coefficient (Wildman–Crippen LogP) is 0.133. The highest BCUT2D eigenvalue weighted by atomic mass is 16.4. The molecule has 0 aliphatic carbocycles. The quantitative estimate of drug-likeness (QED) is 0.135. The van der Waals surface area contributed by atoms with Gasteiger partial charge in [0.2, 0.25) is 17.7 Å². The highest BCUT2D eigenvalue weighted by Gasteiger charge is 2.33. The summed E-state index contributed by atoms with van der Waals surface area (Å²) in [5, 5.41) is 28.2. The van der Waals surface area contributed by atoms with Gasteiger partial charge in [-0.3, -0.25) is 14.4 Å². The third-order valence-electron chi connectivity index (χ3n) is 6.42. The Bertz CT molecular complexity index is 1120. The number of aliphatic hydroxyl groups is 1. The van der Waals surface area contributed by atoms with Crippen molar-refractivity contribution in [1.82, 2.24) is 20.9 Å². The minimum absolute atomic E-state index is 0.0178. The van der Waals surface area contributed by atoms with E-state index in [2.05, 4.69) is 20.9 Å². The van der Waals surface area contributed by atoms with Gasteiger partial charge in [0.05, 0.1) is 12.1 Å². The third kappa shape index (κ3) is 9.65. The zero-order valence-corrected chi connectivity index (χ0v) is 22.8. The molecule has 10 N–H and O–H groups in total. The van der Waals surface area contributed by atoms with Crippen molar-refractivity contribution >= 4 is 34.6 Å². The molecule has 0 saturated heterocycles. The van der Waals surface area contributed by atoms with Gasteiger partial charge in [0, 0.05) is 23.5 Å². The van der Waals surface area contributed by atoms with Crippen molar-refractivity contribution in [2.45, 2.75) is 83.1 Å². The van der Waals surface area contributed by atoms with Crippen molar-refractivity contribution < 1.29 is 29.4 Å². The molecule has 12 heteroatoms. The molecule has 2 rings (SSSR count). The van der Waals surface area contributed by atoms with Gasteiger partial charge in [-0.15, -0.1) is 0 Å². The first-order valence-electron chi connectivity index (χ1n) is 13.3. The van der Waals surface area contributed by atoms with E-state index in [0.29, 0.717) is 25.8 Å². The number of amides is 3. The molecule has 2 aromatic rings. The fourth-order valence-electron chi connectivity index (χ4n) is 4.26. The van der Waals surface area contributed by atoms with Crippen LogP contribution in [0.3, 0.4) is 0 Å². The summed E-state index contributed by atoms with van der Waals surface area (Å²) in [5.74, 6) is -3.34. The van der Waals surface area contributed by atoms with Crippen LogP contribution in [0, 0.1) is 5.92 Å². The van der Waals surface area contributed by atoms with E-state index in [0.717, 1.165) is 16.5 Å². The van der Waals surface area contributed by atoms with Gasteiger partial charge in [-0.2, -0.15) is 0 Å². The van der Waals surface area contributed by atoms with Crippen LogP contribution in [0.2, 0.25) is 0 Å². The molecule has 0 aliphatic rings. The number of nitrogens with one attached hydrogen (secondary N) is 4. The normalized spacial score (nSPS) is 15.3. The Morgan fingerprint density at radius 3 is 2.23 bits per heavy atom. The van der Waals surface area contributed by atoms with Crippen LogP contribution in [0.5, 0.6) is 0 Å². The SMILES string of the molecule is CC(C)CC(NC(=O)C(NC(=O)C(Cc1c[nH]c2ccccc12)NC(=O)C(N)CCCCN)C(C)O)C(=O)O. The number of unbranched alkanes of at least 4 members (excludes halogenated alkanes) is 1. The second-order valence-electron chi connectivity index (χ2n) is 10.3. The molecular formula is C27H42N6O6. The van der Waals surface area contributed by atoms with Crippen LogP contribution in [0.1, 0.15) is 52.0 Å². The molecule has 0 saturated carbocycles. The maximum Gasteiger partial charge on any atom is 0.326 e. The molecule has 39 heavy (non-hydrogen) atoms. The zero-order chi connectivity index (χ0) is 29.1. The van der Waals surface area contributed by atoms with Gasteiger partial charge >= 0.3 is 5.97 Å². The molecule has 0 aliphatic heterocycles. The molecule has 216 valence electrons.